The van der Waals surface area contributed by atoms with Gasteiger partial charge in [-0.2, -0.15) is 0 Å². The molecule has 0 radical (unpaired) electrons. The Balaban J connectivity index is 2.77. The second-order valence-electron chi connectivity index (χ2n) is 4.71. The first-order chi connectivity index (χ1) is 6.49. The van der Waals surface area contributed by atoms with E-state index in [0.29, 0.717) is 0 Å². The summed E-state index contributed by atoms with van der Waals surface area (Å²) in [7, 11) is 0. The Morgan fingerprint density at radius 1 is 1.50 bits per heavy atom. The van der Waals surface area contributed by atoms with E-state index in [0.717, 1.165) is 32.2 Å². The van der Waals surface area contributed by atoms with Crippen LogP contribution in [-0.2, 0) is 4.79 Å². The molecule has 14 heavy (non-hydrogen) atoms. The van der Waals surface area contributed by atoms with Crippen LogP contribution in [0.15, 0.2) is 0 Å². The average molecular weight is 199 g/mol. The largest absolute Gasteiger partial charge is 0.480 e. The Morgan fingerprint density at radius 2 is 2.14 bits per heavy atom. The molecule has 1 fully saturated rings. The van der Waals surface area contributed by atoms with Gasteiger partial charge in [0.1, 0.15) is 6.04 Å². The Bertz CT molecular complexity index is 213. The van der Waals surface area contributed by atoms with Crippen LogP contribution in [-0.4, -0.2) is 34.1 Å². The number of piperidine rings is 1. The van der Waals surface area contributed by atoms with Gasteiger partial charge in [0, 0.05) is 5.54 Å². The lowest BCUT2D eigenvalue weighted by atomic mass is 9.91. The SMILES string of the molecule is CCC(C)(C)N1CCCC[C@H]1C(=O)O. The van der Waals surface area contributed by atoms with Gasteiger partial charge in [0.15, 0.2) is 0 Å². The van der Waals surface area contributed by atoms with Gasteiger partial charge in [-0.25, -0.2) is 0 Å². The van der Waals surface area contributed by atoms with Crippen molar-refractivity contribution in [3.8, 4) is 0 Å². The molecule has 1 N–H and O–H groups in total. The summed E-state index contributed by atoms with van der Waals surface area (Å²) in [5.41, 5.74) is 0.0173. The van der Waals surface area contributed by atoms with Crippen molar-refractivity contribution < 1.29 is 9.90 Å². The van der Waals surface area contributed by atoms with E-state index in [-0.39, 0.29) is 11.6 Å². The highest BCUT2D eigenvalue weighted by Crippen LogP contribution is 2.28. The summed E-state index contributed by atoms with van der Waals surface area (Å²) in [5, 5.41) is 9.13. The highest BCUT2D eigenvalue weighted by atomic mass is 16.4. The zero-order chi connectivity index (χ0) is 10.8. The monoisotopic (exact) mass is 199 g/mol. The molecular weight excluding hydrogens is 178 g/mol. The van der Waals surface area contributed by atoms with E-state index in [9.17, 15) is 4.79 Å². The van der Waals surface area contributed by atoms with Gasteiger partial charge in [0.25, 0.3) is 0 Å². The van der Waals surface area contributed by atoms with E-state index in [2.05, 4.69) is 25.7 Å². The van der Waals surface area contributed by atoms with Crippen LogP contribution in [0.2, 0.25) is 0 Å². The van der Waals surface area contributed by atoms with Crippen molar-refractivity contribution in [1.82, 2.24) is 4.90 Å². The second kappa shape index (κ2) is 4.30. The number of hydrogen-bond donors (Lipinski definition) is 1. The fourth-order valence-electron chi connectivity index (χ4n) is 2.12. The number of carboxylic acid groups (broad SMARTS) is 1. The van der Waals surface area contributed by atoms with Crippen LogP contribution < -0.4 is 0 Å². The van der Waals surface area contributed by atoms with Crippen molar-refractivity contribution >= 4 is 5.97 Å². The minimum atomic E-state index is -0.661. The van der Waals surface area contributed by atoms with E-state index >= 15 is 0 Å². The third kappa shape index (κ3) is 2.27. The summed E-state index contributed by atoms with van der Waals surface area (Å²) >= 11 is 0. The van der Waals surface area contributed by atoms with Crippen LogP contribution in [0.25, 0.3) is 0 Å². The lowest BCUT2D eigenvalue weighted by Gasteiger charge is -2.44. The van der Waals surface area contributed by atoms with Gasteiger partial charge in [-0.05, 0) is 39.7 Å². The standard InChI is InChI=1S/C11H21NO2/c1-4-11(2,3)12-8-6-5-7-9(12)10(13)14/h9H,4-8H2,1-3H3,(H,13,14)/t9-/m0/s1. The van der Waals surface area contributed by atoms with Gasteiger partial charge in [-0.15, -0.1) is 0 Å². The Kier molecular flexibility index (Phi) is 3.53. The Labute approximate surface area is 86.1 Å². The zero-order valence-electron chi connectivity index (χ0n) is 9.42. The molecule has 1 saturated heterocycles. The van der Waals surface area contributed by atoms with Crippen LogP contribution in [0.4, 0.5) is 0 Å². The molecule has 0 aromatic heterocycles. The minimum absolute atomic E-state index is 0.0173. The van der Waals surface area contributed by atoms with Gasteiger partial charge < -0.3 is 5.11 Å². The van der Waals surface area contributed by atoms with Crippen LogP contribution >= 0.6 is 0 Å². The highest BCUT2D eigenvalue weighted by molar-refractivity contribution is 5.73. The van der Waals surface area contributed by atoms with Gasteiger partial charge in [0.2, 0.25) is 0 Å². The number of hydrogen-bond acceptors (Lipinski definition) is 2. The molecule has 0 saturated carbocycles. The molecule has 1 atom stereocenters. The van der Waals surface area contributed by atoms with Crippen molar-refractivity contribution in [3.63, 3.8) is 0 Å². The van der Waals surface area contributed by atoms with Crippen molar-refractivity contribution in [1.29, 1.82) is 0 Å². The van der Waals surface area contributed by atoms with Crippen molar-refractivity contribution in [2.45, 2.75) is 58.0 Å². The summed E-state index contributed by atoms with van der Waals surface area (Å²) in [6, 6.07) is -0.265. The van der Waals surface area contributed by atoms with E-state index in [4.69, 9.17) is 5.11 Å². The maximum atomic E-state index is 11.1. The molecular formula is C11H21NO2. The van der Waals surface area contributed by atoms with Crippen molar-refractivity contribution in [2.75, 3.05) is 6.54 Å². The normalized spacial score (nSPS) is 24.9. The number of nitrogens with zero attached hydrogens (tertiary/aromatic N) is 1. The molecule has 3 nitrogen and oxygen atoms in total. The van der Waals surface area contributed by atoms with Crippen LogP contribution in [0.1, 0.15) is 46.5 Å². The summed E-state index contributed by atoms with van der Waals surface area (Å²) in [5.74, 6) is -0.661. The summed E-state index contributed by atoms with van der Waals surface area (Å²) < 4.78 is 0. The topological polar surface area (TPSA) is 40.5 Å². The van der Waals surface area contributed by atoms with Gasteiger partial charge in [0.05, 0.1) is 0 Å². The predicted octanol–water partition coefficient (Wildman–Crippen LogP) is 2.11. The maximum absolute atomic E-state index is 11.1. The second-order valence-corrected chi connectivity index (χ2v) is 4.71. The summed E-state index contributed by atoms with van der Waals surface area (Å²) in [6.45, 7) is 7.31. The van der Waals surface area contributed by atoms with E-state index < -0.39 is 5.97 Å². The molecule has 0 aliphatic carbocycles. The lowest BCUT2D eigenvalue weighted by molar-refractivity contribution is -0.147. The fourth-order valence-corrected chi connectivity index (χ4v) is 2.12. The third-order valence-electron chi connectivity index (χ3n) is 3.43. The van der Waals surface area contributed by atoms with Gasteiger partial charge >= 0.3 is 5.97 Å². The first-order valence-corrected chi connectivity index (χ1v) is 5.48. The van der Waals surface area contributed by atoms with Gasteiger partial charge in [-0.1, -0.05) is 13.3 Å². The quantitative estimate of drug-likeness (QED) is 0.756. The molecule has 0 aromatic rings. The fraction of sp³-hybridized carbons (Fsp3) is 0.909. The molecule has 1 aliphatic rings. The molecule has 3 heteroatoms. The van der Waals surface area contributed by atoms with E-state index in [1.165, 1.54) is 0 Å². The Morgan fingerprint density at radius 3 is 2.64 bits per heavy atom. The third-order valence-corrected chi connectivity index (χ3v) is 3.43. The predicted molar refractivity (Wildman–Crippen MR) is 56.4 cm³/mol. The number of carboxylic acids is 1. The number of aliphatic carboxylic acids is 1. The van der Waals surface area contributed by atoms with Crippen LogP contribution in [0.5, 0.6) is 0 Å². The molecule has 0 unspecified atom stereocenters. The zero-order valence-corrected chi connectivity index (χ0v) is 9.42. The van der Waals surface area contributed by atoms with E-state index in [1.807, 2.05) is 0 Å². The average Bonchev–Trinajstić information content (AvgIpc) is 2.18. The summed E-state index contributed by atoms with van der Waals surface area (Å²) in [4.78, 5) is 13.2. The first kappa shape index (κ1) is 11.5. The minimum Gasteiger partial charge on any atom is -0.480 e. The number of rotatable bonds is 3. The smallest absolute Gasteiger partial charge is 0.320 e. The number of likely N-dealkylation sites (tertiary alicyclic amines) is 1. The van der Waals surface area contributed by atoms with Gasteiger partial charge in [-0.3, -0.25) is 9.69 Å². The molecule has 1 heterocycles. The van der Waals surface area contributed by atoms with Crippen LogP contribution in [0.3, 0.4) is 0 Å². The molecule has 1 aliphatic heterocycles. The maximum Gasteiger partial charge on any atom is 0.320 e. The molecule has 1 rings (SSSR count). The molecule has 0 aromatic carbocycles. The Hall–Kier alpha value is -0.570. The van der Waals surface area contributed by atoms with Crippen LogP contribution in [0, 0.1) is 0 Å². The molecule has 0 amide bonds. The molecule has 0 bridgehead atoms. The summed E-state index contributed by atoms with van der Waals surface area (Å²) in [6.07, 6.45) is 3.98. The number of carbonyl (C=O) groups is 1. The highest BCUT2D eigenvalue weighted by Gasteiger charge is 2.36. The molecule has 0 spiro atoms. The first-order valence-electron chi connectivity index (χ1n) is 5.48. The lowest BCUT2D eigenvalue weighted by Crippen LogP contribution is -2.54. The van der Waals surface area contributed by atoms with E-state index in [1.54, 1.807) is 0 Å². The van der Waals surface area contributed by atoms with Crippen molar-refractivity contribution in [3.05, 3.63) is 0 Å². The molecule has 82 valence electrons. The van der Waals surface area contributed by atoms with Crippen molar-refractivity contribution in [2.24, 2.45) is 0 Å².